The molecule has 1 aliphatic rings. The fraction of sp³-hybridized carbons (Fsp3) is 0.857. The van der Waals surface area contributed by atoms with Crippen LogP contribution in [0.2, 0.25) is 0 Å². The molecule has 0 saturated carbocycles. The summed E-state index contributed by atoms with van der Waals surface area (Å²) in [5.41, 5.74) is 1.74. The molecule has 0 fully saturated rings. The van der Waals surface area contributed by atoms with Gasteiger partial charge in [-0.05, 0) is 43.6 Å². The summed E-state index contributed by atoms with van der Waals surface area (Å²) in [6.45, 7) is 12.3. The van der Waals surface area contributed by atoms with E-state index in [1.54, 1.807) is 0 Å². The molecule has 2 heteroatoms. The van der Waals surface area contributed by atoms with Gasteiger partial charge < -0.3 is 9.47 Å². The molecule has 2 unspecified atom stereocenters. The van der Waals surface area contributed by atoms with Crippen LogP contribution in [0.4, 0.5) is 0 Å². The van der Waals surface area contributed by atoms with Gasteiger partial charge in [-0.2, -0.15) is 0 Å². The average molecular weight is 226 g/mol. The molecule has 1 aliphatic carbocycles. The highest BCUT2D eigenvalue weighted by Crippen LogP contribution is 2.38. The van der Waals surface area contributed by atoms with Gasteiger partial charge in [0.05, 0.1) is 6.61 Å². The van der Waals surface area contributed by atoms with Crippen molar-refractivity contribution >= 4 is 0 Å². The SMILES string of the molecule is CCOC(C)OCC1=CC(C)(C)C(C)CC1. The van der Waals surface area contributed by atoms with Gasteiger partial charge in [-0.3, -0.25) is 0 Å². The fourth-order valence-electron chi connectivity index (χ4n) is 2.14. The van der Waals surface area contributed by atoms with Crippen molar-refractivity contribution in [2.45, 2.75) is 53.8 Å². The molecule has 0 bridgehead atoms. The standard InChI is InChI=1S/C14H26O2/c1-6-15-12(3)16-10-13-8-7-11(2)14(4,5)9-13/h9,11-12H,6-8,10H2,1-5H3. The maximum Gasteiger partial charge on any atom is 0.155 e. The summed E-state index contributed by atoms with van der Waals surface area (Å²) in [4.78, 5) is 0. The molecule has 0 aromatic rings. The Morgan fingerprint density at radius 3 is 2.69 bits per heavy atom. The average Bonchev–Trinajstić information content (AvgIpc) is 2.20. The van der Waals surface area contributed by atoms with Crippen molar-refractivity contribution in [1.82, 2.24) is 0 Å². The van der Waals surface area contributed by atoms with Crippen molar-refractivity contribution in [2.75, 3.05) is 13.2 Å². The molecule has 0 aromatic carbocycles. The van der Waals surface area contributed by atoms with Crippen LogP contribution in [0.15, 0.2) is 11.6 Å². The molecule has 0 amide bonds. The third-order valence-electron chi connectivity index (χ3n) is 3.65. The first-order valence-electron chi connectivity index (χ1n) is 6.39. The molecule has 0 aromatic heterocycles. The molecule has 16 heavy (non-hydrogen) atoms. The lowest BCUT2D eigenvalue weighted by Crippen LogP contribution is -2.25. The maximum atomic E-state index is 5.66. The molecule has 0 N–H and O–H groups in total. The Morgan fingerprint density at radius 2 is 2.12 bits per heavy atom. The molecule has 0 radical (unpaired) electrons. The minimum atomic E-state index is -0.0895. The molecule has 94 valence electrons. The largest absolute Gasteiger partial charge is 0.353 e. The molecule has 1 rings (SSSR count). The van der Waals surface area contributed by atoms with Gasteiger partial charge >= 0.3 is 0 Å². The fourth-order valence-corrected chi connectivity index (χ4v) is 2.14. The smallest absolute Gasteiger partial charge is 0.155 e. The number of hydrogen-bond donors (Lipinski definition) is 0. The summed E-state index contributed by atoms with van der Waals surface area (Å²) in [5.74, 6) is 0.764. The minimum Gasteiger partial charge on any atom is -0.353 e. The van der Waals surface area contributed by atoms with E-state index >= 15 is 0 Å². The van der Waals surface area contributed by atoms with E-state index in [4.69, 9.17) is 9.47 Å². The Kier molecular flexibility index (Phi) is 5.00. The third kappa shape index (κ3) is 3.91. The van der Waals surface area contributed by atoms with Crippen LogP contribution in [0, 0.1) is 11.3 Å². The summed E-state index contributed by atoms with van der Waals surface area (Å²) >= 11 is 0. The van der Waals surface area contributed by atoms with Crippen molar-refractivity contribution in [3.8, 4) is 0 Å². The Hall–Kier alpha value is -0.340. The van der Waals surface area contributed by atoms with E-state index in [0.717, 1.165) is 12.5 Å². The van der Waals surface area contributed by atoms with Crippen LogP contribution in [0.3, 0.4) is 0 Å². The van der Waals surface area contributed by atoms with Crippen LogP contribution in [0.25, 0.3) is 0 Å². The zero-order chi connectivity index (χ0) is 12.2. The molecular weight excluding hydrogens is 200 g/mol. The lowest BCUT2D eigenvalue weighted by molar-refractivity contribution is -0.121. The van der Waals surface area contributed by atoms with E-state index in [2.05, 4.69) is 26.8 Å². The quantitative estimate of drug-likeness (QED) is 0.525. The van der Waals surface area contributed by atoms with E-state index in [1.165, 1.54) is 18.4 Å². The predicted molar refractivity (Wildman–Crippen MR) is 67.3 cm³/mol. The first kappa shape index (κ1) is 13.7. The van der Waals surface area contributed by atoms with Crippen LogP contribution >= 0.6 is 0 Å². The highest BCUT2D eigenvalue weighted by atomic mass is 16.7. The summed E-state index contributed by atoms with van der Waals surface area (Å²) in [6, 6.07) is 0. The van der Waals surface area contributed by atoms with Crippen molar-refractivity contribution in [1.29, 1.82) is 0 Å². The second-order valence-corrected chi connectivity index (χ2v) is 5.40. The molecule has 0 heterocycles. The molecule has 2 nitrogen and oxygen atoms in total. The molecule has 0 saturated heterocycles. The number of allylic oxidation sites excluding steroid dienone is 1. The molecule has 2 atom stereocenters. The summed E-state index contributed by atoms with van der Waals surface area (Å²) < 4.78 is 11.0. The second-order valence-electron chi connectivity index (χ2n) is 5.40. The second kappa shape index (κ2) is 5.83. The van der Waals surface area contributed by atoms with E-state index in [0.29, 0.717) is 12.0 Å². The first-order chi connectivity index (χ1) is 7.45. The first-order valence-corrected chi connectivity index (χ1v) is 6.39. The van der Waals surface area contributed by atoms with Gasteiger partial charge in [0.2, 0.25) is 0 Å². The highest BCUT2D eigenvalue weighted by Gasteiger charge is 2.27. The lowest BCUT2D eigenvalue weighted by Gasteiger charge is -2.34. The Balaban J connectivity index is 2.43. The van der Waals surface area contributed by atoms with Crippen LogP contribution in [-0.2, 0) is 9.47 Å². The van der Waals surface area contributed by atoms with Crippen molar-refractivity contribution in [2.24, 2.45) is 11.3 Å². The minimum absolute atomic E-state index is 0.0895. The van der Waals surface area contributed by atoms with Crippen LogP contribution in [0.1, 0.15) is 47.5 Å². The molecule has 0 aliphatic heterocycles. The Morgan fingerprint density at radius 1 is 1.44 bits per heavy atom. The van der Waals surface area contributed by atoms with E-state index in [1.807, 2.05) is 13.8 Å². The number of ether oxygens (including phenoxy) is 2. The van der Waals surface area contributed by atoms with Gasteiger partial charge in [0.1, 0.15) is 0 Å². The zero-order valence-electron chi connectivity index (χ0n) is 11.4. The van der Waals surface area contributed by atoms with Gasteiger partial charge in [0.25, 0.3) is 0 Å². The Labute approximate surface area is 100 Å². The van der Waals surface area contributed by atoms with Crippen LogP contribution in [0.5, 0.6) is 0 Å². The predicted octanol–water partition coefficient (Wildman–Crippen LogP) is 3.77. The van der Waals surface area contributed by atoms with E-state index < -0.39 is 0 Å². The van der Waals surface area contributed by atoms with E-state index in [-0.39, 0.29) is 6.29 Å². The van der Waals surface area contributed by atoms with Crippen molar-refractivity contribution < 1.29 is 9.47 Å². The van der Waals surface area contributed by atoms with Gasteiger partial charge in [-0.1, -0.05) is 26.8 Å². The summed E-state index contributed by atoms with van der Waals surface area (Å²) in [5, 5.41) is 0. The highest BCUT2D eigenvalue weighted by molar-refractivity contribution is 5.13. The number of rotatable bonds is 5. The summed E-state index contributed by atoms with van der Waals surface area (Å²) in [6.07, 6.45) is 4.74. The van der Waals surface area contributed by atoms with Gasteiger partial charge in [0.15, 0.2) is 6.29 Å². The van der Waals surface area contributed by atoms with Gasteiger partial charge in [0, 0.05) is 6.61 Å². The molecule has 0 spiro atoms. The monoisotopic (exact) mass is 226 g/mol. The summed E-state index contributed by atoms with van der Waals surface area (Å²) in [7, 11) is 0. The Bertz CT molecular complexity index is 243. The maximum absolute atomic E-state index is 5.66. The van der Waals surface area contributed by atoms with E-state index in [9.17, 15) is 0 Å². The lowest BCUT2D eigenvalue weighted by atomic mass is 9.72. The number of hydrogen-bond acceptors (Lipinski definition) is 2. The zero-order valence-corrected chi connectivity index (χ0v) is 11.4. The van der Waals surface area contributed by atoms with Gasteiger partial charge in [-0.25, -0.2) is 0 Å². The van der Waals surface area contributed by atoms with Crippen molar-refractivity contribution in [3.63, 3.8) is 0 Å². The molecular formula is C14H26O2. The third-order valence-corrected chi connectivity index (χ3v) is 3.65. The normalized spacial score (nSPS) is 26.3. The van der Waals surface area contributed by atoms with Gasteiger partial charge in [-0.15, -0.1) is 0 Å². The van der Waals surface area contributed by atoms with Crippen molar-refractivity contribution in [3.05, 3.63) is 11.6 Å². The topological polar surface area (TPSA) is 18.5 Å². The van der Waals surface area contributed by atoms with Crippen LogP contribution in [-0.4, -0.2) is 19.5 Å². The van der Waals surface area contributed by atoms with Crippen LogP contribution < -0.4 is 0 Å².